The van der Waals surface area contributed by atoms with E-state index in [1.54, 1.807) is 11.8 Å². The maximum Gasteiger partial charge on any atom is 0.254 e. The van der Waals surface area contributed by atoms with Gasteiger partial charge in [-0.05, 0) is 24.0 Å². The Morgan fingerprint density at radius 2 is 2.00 bits per heavy atom. The molecule has 76 valence electrons. The van der Waals surface area contributed by atoms with E-state index in [1.165, 1.54) is 6.08 Å². The molecule has 0 N–H and O–H groups in total. The van der Waals surface area contributed by atoms with Crippen LogP contribution in [0.15, 0.2) is 34.6 Å². The summed E-state index contributed by atoms with van der Waals surface area (Å²) in [6.07, 6.45) is 3.43. The Hall–Kier alpha value is -0.450. The van der Waals surface area contributed by atoms with E-state index < -0.39 is 9.05 Å². The van der Waals surface area contributed by atoms with E-state index in [0.717, 1.165) is 15.9 Å². The lowest BCUT2D eigenvalue weighted by Gasteiger charge is -2.00. The van der Waals surface area contributed by atoms with Crippen LogP contribution < -0.4 is 0 Å². The van der Waals surface area contributed by atoms with Crippen LogP contribution in [-0.2, 0) is 9.05 Å². The Bertz CT molecular complexity index is 438. The third kappa shape index (κ3) is 3.74. The van der Waals surface area contributed by atoms with Crippen molar-refractivity contribution < 1.29 is 8.42 Å². The second-order valence-corrected chi connectivity index (χ2v) is 5.88. The van der Waals surface area contributed by atoms with Crippen LogP contribution in [0.25, 0.3) is 6.08 Å². The standard InChI is InChI=1S/C9H9ClO2S2/c1-13-9-5-3-2-4-8(9)6-7-14(10,11)12/h2-7H,1H3. The Morgan fingerprint density at radius 3 is 2.57 bits per heavy atom. The molecule has 1 aromatic carbocycles. The summed E-state index contributed by atoms with van der Waals surface area (Å²) in [7, 11) is 1.49. The summed E-state index contributed by atoms with van der Waals surface area (Å²) >= 11 is 1.56. The fourth-order valence-electron chi connectivity index (χ4n) is 0.959. The largest absolute Gasteiger partial charge is 0.254 e. The summed E-state index contributed by atoms with van der Waals surface area (Å²) in [4.78, 5) is 1.02. The highest BCUT2D eigenvalue weighted by Crippen LogP contribution is 2.21. The maximum absolute atomic E-state index is 10.7. The predicted octanol–water partition coefficient (Wildman–Crippen LogP) is 2.95. The summed E-state index contributed by atoms with van der Waals surface area (Å²) < 4.78 is 21.4. The lowest BCUT2D eigenvalue weighted by Crippen LogP contribution is -1.81. The van der Waals surface area contributed by atoms with Gasteiger partial charge < -0.3 is 0 Å². The minimum Gasteiger partial charge on any atom is -0.208 e. The van der Waals surface area contributed by atoms with Gasteiger partial charge in [0.2, 0.25) is 0 Å². The molecule has 1 aromatic rings. The van der Waals surface area contributed by atoms with E-state index >= 15 is 0 Å². The van der Waals surface area contributed by atoms with Crippen LogP contribution in [-0.4, -0.2) is 14.7 Å². The average molecular weight is 249 g/mol. The molecule has 0 aliphatic carbocycles. The quantitative estimate of drug-likeness (QED) is 0.609. The topological polar surface area (TPSA) is 34.1 Å². The Kier molecular flexibility index (Phi) is 4.04. The van der Waals surface area contributed by atoms with Gasteiger partial charge in [-0.3, -0.25) is 0 Å². The predicted molar refractivity (Wildman–Crippen MR) is 62.0 cm³/mol. The fourth-order valence-corrected chi connectivity index (χ4v) is 2.01. The van der Waals surface area contributed by atoms with Gasteiger partial charge in [0.1, 0.15) is 0 Å². The molecule has 0 spiro atoms. The molecule has 0 aliphatic heterocycles. The zero-order chi connectivity index (χ0) is 10.6. The van der Waals surface area contributed by atoms with Crippen molar-refractivity contribution in [3.8, 4) is 0 Å². The Labute approximate surface area is 92.4 Å². The van der Waals surface area contributed by atoms with Crippen molar-refractivity contribution in [2.75, 3.05) is 6.26 Å². The van der Waals surface area contributed by atoms with E-state index in [1.807, 2.05) is 30.5 Å². The van der Waals surface area contributed by atoms with Gasteiger partial charge in [0.15, 0.2) is 0 Å². The molecular weight excluding hydrogens is 240 g/mol. The normalized spacial score (nSPS) is 12.1. The van der Waals surface area contributed by atoms with Crippen molar-refractivity contribution in [2.45, 2.75) is 4.90 Å². The molecule has 0 unspecified atom stereocenters. The van der Waals surface area contributed by atoms with Gasteiger partial charge in [-0.25, -0.2) is 8.42 Å². The van der Waals surface area contributed by atoms with Gasteiger partial charge in [0.05, 0.1) is 0 Å². The van der Waals surface area contributed by atoms with Crippen molar-refractivity contribution in [3.05, 3.63) is 35.2 Å². The van der Waals surface area contributed by atoms with Gasteiger partial charge in [-0.2, -0.15) is 0 Å². The molecule has 0 amide bonds. The monoisotopic (exact) mass is 248 g/mol. The molecule has 0 aromatic heterocycles. The van der Waals surface area contributed by atoms with Gasteiger partial charge in [0, 0.05) is 21.0 Å². The number of halogens is 1. The Balaban J connectivity index is 3.03. The first-order valence-corrected chi connectivity index (χ1v) is 7.38. The number of thioether (sulfide) groups is 1. The molecule has 0 bridgehead atoms. The van der Waals surface area contributed by atoms with Crippen LogP contribution in [0.4, 0.5) is 0 Å². The molecule has 0 atom stereocenters. The summed E-state index contributed by atoms with van der Waals surface area (Å²) in [5.74, 6) is 0. The highest BCUT2D eigenvalue weighted by atomic mass is 35.7. The second-order valence-electron chi connectivity index (χ2n) is 2.52. The Morgan fingerprint density at radius 1 is 1.36 bits per heavy atom. The van der Waals surface area contributed by atoms with Gasteiger partial charge >= 0.3 is 0 Å². The molecule has 0 saturated heterocycles. The van der Waals surface area contributed by atoms with Gasteiger partial charge in [-0.1, -0.05) is 18.2 Å². The third-order valence-electron chi connectivity index (χ3n) is 1.55. The molecule has 5 heteroatoms. The van der Waals surface area contributed by atoms with Crippen LogP contribution in [0.5, 0.6) is 0 Å². The first-order valence-electron chi connectivity index (χ1n) is 3.79. The van der Waals surface area contributed by atoms with Gasteiger partial charge in [0.25, 0.3) is 9.05 Å². The zero-order valence-corrected chi connectivity index (χ0v) is 9.86. The maximum atomic E-state index is 10.7. The summed E-state index contributed by atoms with van der Waals surface area (Å²) in [5.41, 5.74) is 0.851. The zero-order valence-electron chi connectivity index (χ0n) is 7.48. The van der Waals surface area contributed by atoms with E-state index in [4.69, 9.17) is 10.7 Å². The SMILES string of the molecule is CSc1ccccc1C=CS(=O)(=O)Cl. The third-order valence-corrected chi connectivity index (χ3v) is 3.13. The average Bonchev–Trinajstić information content (AvgIpc) is 2.14. The van der Waals surface area contributed by atoms with E-state index in [-0.39, 0.29) is 0 Å². The number of hydrogen-bond donors (Lipinski definition) is 0. The summed E-state index contributed by atoms with van der Waals surface area (Å²) in [6.45, 7) is 0. The number of hydrogen-bond acceptors (Lipinski definition) is 3. The van der Waals surface area contributed by atoms with Crippen LogP contribution in [0.1, 0.15) is 5.56 Å². The number of rotatable bonds is 3. The molecule has 1 rings (SSSR count). The van der Waals surface area contributed by atoms with E-state index in [9.17, 15) is 8.42 Å². The second kappa shape index (κ2) is 4.87. The molecular formula is C9H9ClO2S2. The van der Waals surface area contributed by atoms with Crippen molar-refractivity contribution in [1.29, 1.82) is 0 Å². The molecule has 2 nitrogen and oxygen atoms in total. The highest BCUT2D eigenvalue weighted by Gasteiger charge is 1.99. The minimum atomic E-state index is -3.56. The summed E-state index contributed by atoms with van der Waals surface area (Å²) in [5, 5.41) is 0.990. The van der Waals surface area contributed by atoms with Crippen LogP contribution in [0.3, 0.4) is 0 Å². The van der Waals surface area contributed by atoms with Crippen molar-refractivity contribution in [3.63, 3.8) is 0 Å². The molecule has 0 radical (unpaired) electrons. The summed E-state index contributed by atoms with van der Waals surface area (Å²) in [6, 6.07) is 7.51. The van der Waals surface area contributed by atoms with Crippen molar-refractivity contribution >= 4 is 37.6 Å². The van der Waals surface area contributed by atoms with Crippen molar-refractivity contribution in [2.24, 2.45) is 0 Å². The highest BCUT2D eigenvalue weighted by molar-refractivity contribution is 8.16. The smallest absolute Gasteiger partial charge is 0.208 e. The lowest BCUT2D eigenvalue weighted by atomic mass is 10.2. The van der Waals surface area contributed by atoms with Crippen LogP contribution in [0.2, 0.25) is 0 Å². The lowest BCUT2D eigenvalue weighted by molar-refractivity contribution is 0.617. The fraction of sp³-hybridized carbons (Fsp3) is 0.111. The first-order chi connectivity index (χ1) is 6.53. The van der Waals surface area contributed by atoms with E-state index in [2.05, 4.69) is 0 Å². The molecule has 14 heavy (non-hydrogen) atoms. The van der Waals surface area contributed by atoms with Gasteiger partial charge in [-0.15, -0.1) is 11.8 Å². The van der Waals surface area contributed by atoms with Crippen LogP contribution >= 0.6 is 22.4 Å². The minimum absolute atomic E-state index is 0.851. The molecule has 0 heterocycles. The molecule has 0 saturated carbocycles. The first kappa shape index (κ1) is 11.6. The van der Waals surface area contributed by atoms with E-state index in [0.29, 0.717) is 0 Å². The molecule has 0 aliphatic rings. The molecule has 0 fully saturated rings. The van der Waals surface area contributed by atoms with Crippen LogP contribution in [0, 0.1) is 0 Å². The van der Waals surface area contributed by atoms with Crippen molar-refractivity contribution in [1.82, 2.24) is 0 Å². The number of benzene rings is 1.